The molecule has 0 saturated heterocycles. The molecule has 0 amide bonds. The molecular weight excluding hydrogens is 186 g/mol. The van der Waals surface area contributed by atoms with Crippen molar-refractivity contribution in [3.63, 3.8) is 0 Å². The Bertz CT molecular complexity index is 236. The molecule has 1 rings (SSSR count). The second-order valence-electron chi connectivity index (χ2n) is 3.77. The summed E-state index contributed by atoms with van der Waals surface area (Å²) in [6.45, 7) is 2.28. The normalized spacial score (nSPS) is 10.5. The van der Waals surface area contributed by atoms with Crippen LogP contribution in [0.2, 0.25) is 0 Å². The second kappa shape index (κ2) is 8.45. The van der Waals surface area contributed by atoms with Crippen LogP contribution in [0.25, 0.3) is 0 Å². The number of hydrogen-bond acceptors (Lipinski definition) is 2. The highest BCUT2D eigenvalue weighted by atomic mass is 16.3. The first-order valence-corrected chi connectivity index (χ1v) is 5.79. The predicted molar refractivity (Wildman–Crippen MR) is 64.0 cm³/mol. The summed E-state index contributed by atoms with van der Waals surface area (Å²) in [6.07, 6.45) is 4.47. The molecule has 0 aliphatic heterocycles. The lowest BCUT2D eigenvalue weighted by atomic mass is 10.1. The zero-order valence-electron chi connectivity index (χ0n) is 9.28. The fourth-order valence-corrected chi connectivity index (χ4v) is 1.55. The van der Waals surface area contributed by atoms with E-state index in [2.05, 4.69) is 35.6 Å². The molecule has 2 heteroatoms. The van der Waals surface area contributed by atoms with E-state index in [4.69, 9.17) is 5.11 Å². The third-order valence-corrected chi connectivity index (χ3v) is 2.42. The van der Waals surface area contributed by atoms with Gasteiger partial charge in [-0.05, 0) is 44.3 Å². The lowest BCUT2D eigenvalue weighted by Crippen LogP contribution is -2.17. The van der Waals surface area contributed by atoms with Crippen LogP contribution in [0, 0.1) is 0 Å². The molecule has 0 unspecified atom stereocenters. The molecule has 15 heavy (non-hydrogen) atoms. The van der Waals surface area contributed by atoms with Crippen molar-refractivity contribution >= 4 is 0 Å². The summed E-state index contributed by atoms with van der Waals surface area (Å²) in [6, 6.07) is 10.6. The van der Waals surface area contributed by atoms with E-state index in [1.165, 1.54) is 24.8 Å². The molecular formula is C13H21NO. The molecule has 0 saturated carbocycles. The summed E-state index contributed by atoms with van der Waals surface area (Å²) in [7, 11) is 0. The van der Waals surface area contributed by atoms with Gasteiger partial charge in [0.25, 0.3) is 0 Å². The van der Waals surface area contributed by atoms with Gasteiger partial charge in [-0.3, -0.25) is 0 Å². The highest BCUT2D eigenvalue weighted by molar-refractivity contribution is 5.14. The molecule has 1 aromatic rings. The van der Waals surface area contributed by atoms with Gasteiger partial charge in [0.2, 0.25) is 0 Å². The average molecular weight is 207 g/mol. The average Bonchev–Trinajstić information content (AvgIpc) is 2.29. The van der Waals surface area contributed by atoms with Crippen LogP contribution in [0.15, 0.2) is 30.3 Å². The largest absolute Gasteiger partial charge is 0.396 e. The van der Waals surface area contributed by atoms with E-state index in [1.807, 2.05) is 0 Å². The summed E-state index contributed by atoms with van der Waals surface area (Å²) in [5.74, 6) is 0. The van der Waals surface area contributed by atoms with Crippen molar-refractivity contribution in [3.05, 3.63) is 35.9 Å². The third kappa shape index (κ3) is 6.26. The number of aliphatic hydroxyl groups excluding tert-OH is 1. The maximum Gasteiger partial charge on any atom is 0.0443 e. The summed E-state index contributed by atoms with van der Waals surface area (Å²) >= 11 is 0. The number of hydrogen-bond donors (Lipinski definition) is 2. The van der Waals surface area contributed by atoms with E-state index >= 15 is 0 Å². The predicted octanol–water partition coefficient (Wildman–Crippen LogP) is 1.98. The zero-order chi connectivity index (χ0) is 10.8. The van der Waals surface area contributed by atoms with Gasteiger partial charge in [-0.25, -0.2) is 0 Å². The van der Waals surface area contributed by atoms with E-state index in [-0.39, 0.29) is 6.61 Å². The van der Waals surface area contributed by atoms with Gasteiger partial charge in [0, 0.05) is 6.61 Å². The van der Waals surface area contributed by atoms with Gasteiger partial charge in [0.05, 0.1) is 0 Å². The van der Waals surface area contributed by atoms with Crippen LogP contribution in [0.1, 0.15) is 24.8 Å². The standard InChI is InChI=1S/C13H21NO/c15-12-6-11-14-10-5-4-9-13-7-2-1-3-8-13/h1-3,7-8,14-15H,4-6,9-12H2. The number of aliphatic hydroxyl groups is 1. The molecule has 0 spiro atoms. The van der Waals surface area contributed by atoms with Crippen LogP contribution in [0.3, 0.4) is 0 Å². The fraction of sp³-hybridized carbons (Fsp3) is 0.538. The van der Waals surface area contributed by atoms with Crippen LogP contribution in [0.4, 0.5) is 0 Å². The third-order valence-electron chi connectivity index (χ3n) is 2.42. The number of nitrogens with one attached hydrogen (secondary N) is 1. The minimum atomic E-state index is 0.289. The first-order chi connectivity index (χ1) is 7.43. The van der Waals surface area contributed by atoms with Crippen LogP contribution in [-0.2, 0) is 6.42 Å². The minimum absolute atomic E-state index is 0.289. The van der Waals surface area contributed by atoms with E-state index in [1.54, 1.807) is 0 Å². The van der Waals surface area contributed by atoms with Crippen LogP contribution < -0.4 is 5.32 Å². The number of rotatable bonds is 8. The number of benzene rings is 1. The minimum Gasteiger partial charge on any atom is -0.396 e. The highest BCUT2D eigenvalue weighted by Gasteiger charge is 1.92. The van der Waals surface area contributed by atoms with Gasteiger partial charge >= 0.3 is 0 Å². The number of aryl methyl sites for hydroxylation is 1. The lowest BCUT2D eigenvalue weighted by molar-refractivity contribution is 0.286. The summed E-state index contributed by atoms with van der Waals surface area (Å²) in [5, 5.41) is 11.9. The van der Waals surface area contributed by atoms with Crippen LogP contribution in [0.5, 0.6) is 0 Å². The Balaban J connectivity index is 1.93. The van der Waals surface area contributed by atoms with Gasteiger partial charge in [-0.2, -0.15) is 0 Å². The monoisotopic (exact) mass is 207 g/mol. The van der Waals surface area contributed by atoms with E-state index in [0.717, 1.165) is 19.5 Å². The maximum absolute atomic E-state index is 8.58. The highest BCUT2D eigenvalue weighted by Crippen LogP contribution is 2.03. The fourth-order valence-electron chi connectivity index (χ4n) is 1.55. The Morgan fingerprint density at radius 2 is 1.67 bits per heavy atom. The Kier molecular flexibility index (Phi) is 6.88. The topological polar surface area (TPSA) is 32.3 Å². The SMILES string of the molecule is OCCCNCCCCc1ccccc1. The van der Waals surface area contributed by atoms with E-state index in [0.29, 0.717) is 0 Å². The lowest BCUT2D eigenvalue weighted by Gasteiger charge is -2.03. The molecule has 0 heterocycles. The van der Waals surface area contributed by atoms with Gasteiger partial charge in [-0.15, -0.1) is 0 Å². The van der Waals surface area contributed by atoms with Gasteiger partial charge in [-0.1, -0.05) is 30.3 Å². The van der Waals surface area contributed by atoms with E-state index in [9.17, 15) is 0 Å². The first-order valence-electron chi connectivity index (χ1n) is 5.79. The molecule has 2 nitrogen and oxygen atoms in total. The molecule has 0 fully saturated rings. The van der Waals surface area contributed by atoms with Crippen molar-refractivity contribution < 1.29 is 5.11 Å². The zero-order valence-corrected chi connectivity index (χ0v) is 9.28. The Hall–Kier alpha value is -0.860. The van der Waals surface area contributed by atoms with Crippen molar-refractivity contribution in [2.24, 2.45) is 0 Å². The molecule has 1 aromatic carbocycles. The summed E-state index contributed by atoms with van der Waals surface area (Å²) < 4.78 is 0. The molecule has 0 aromatic heterocycles. The molecule has 0 atom stereocenters. The molecule has 2 N–H and O–H groups in total. The van der Waals surface area contributed by atoms with Crippen molar-refractivity contribution in [1.29, 1.82) is 0 Å². The Labute approximate surface area is 92.3 Å². The van der Waals surface area contributed by atoms with Crippen molar-refractivity contribution in [2.45, 2.75) is 25.7 Å². The van der Waals surface area contributed by atoms with Crippen LogP contribution in [-0.4, -0.2) is 24.8 Å². The van der Waals surface area contributed by atoms with Crippen molar-refractivity contribution in [2.75, 3.05) is 19.7 Å². The first kappa shape index (κ1) is 12.2. The summed E-state index contributed by atoms with van der Waals surface area (Å²) in [4.78, 5) is 0. The van der Waals surface area contributed by atoms with Crippen LogP contribution >= 0.6 is 0 Å². The Morgan fingerprint density at radius 1 is 0.933 bits per heavy atom. The maximum atomic E-state index is 8.58. The van der Waals surface area contributed by atoms with Crippen molar-refractivity contribution in [3.8, 4) is 0 Å². The number of unbranched alkanes of at least 4 members (excludes halogenated alkanes) is 1. The molecule has 0 bridgehead atoms. The van der Waals surface area contributed by atoms with Gasteiger partial charge < -0.3 is 10.4 Å². The van der Waals surface area contributed by atoms with Gasteiger partial charge in [0.15, 0.2) is 0 Å². The Morgan fingerprint density at radius 3 is 2.40 bits per heavy atom. The second-order valence-corrected chi connectivity index (χ2v) is 3.77. The summed E-state index contributed by atoms with van der Waals surface area (Å²) in [5.41, 5.74) is 1.42. The molecule has 84 valence electrons. The van der Waals surface area contributed by atoms with Crippen molar-refractivity contribution in [1.82, 2.24) is 5.32 Å². The quantitative estimate of drug-likeness (QED) is 0.639. The van der Waals surface area contributed by atoms with E-state index < -0.39 is 0 Å². The van der Waals surface area contributed by atoms with Gasteiger partial charge in [0.1, 0.15) is 0 Å². The molecule has 0 aliphatic rings. The molecule has 0 aliphatic carbocycles. The molecule has 0 radical (unpaired) electrons. The smallest absolute Gasteiger partial charge is 0.0443 e.